The maximum absolute atomic E-state index is 12.2. The number of hydrogen-bond donors (Lipinski definition) is 2. The lowest BCUT2D eigenvalue weighted by molar-refractivity contribution is -0.130. The number of rotatable bonds is 2. The van der Waals surface area contributed by atoms with Crippen LogP contribution < -0.4 is 10.7 Å². The monoisotopic (exact) mass is 261 g/mol. The summed E-state index contributed by atoms with van der Waals surface area (Å²) in [4.78, 5) is 12.2. The third-order valence-electron chi connectivity index (χ3n) is 3.68. The Hall–Kier alpha value is -1.43. The quantitative estimate of drug-likeness (QED) is 0.791. The predicted octanol–water partition coefficient (Wildman–Crippen LogP) is 0.0643. The smallest absolute Gasteiger partial charge is 0.251 e. The number of fused-ring (bicyclic) bond motifs is 1. The number of morpholine rings is 1. The van der Waals surface area contributed by atoms with E-state index in [1.54, 1.807) is 0 Å². The molecular formula is C14H19N3O2. The van der Waals surface area contributed by atoms with Crippen molar-refractivity contribution in [2.24, 2.45) is 0 Å². The molecule has 1 atom stereocenters. The van der Waals surface area contributed by atoms with Crippen LogP contribution in [0.3, 0.4) is 0 Å². The van der Waals surface area contributed by atoms with Crippen LogP contribution in [0, 0.1) is 0 Å². The molecule has 102 valence electrons. The third kappa shape index (κ3) is 2.94. The number of carbonyl (C=O) groups is 1. The summed E-state index contributed by atoms with van der Waals surface area (Å²) in [6.45, 7) is 3.64. The number of nitrogens with one attached hydrogen (secondary N) is 2. The number of hydrazine groups is 1. The topological polar surface area (TPSA) is 53.6 Å². The highest BCUT2D eigenvalue weighted by Gasteiger charge is 2.25. The average Bonchev–Trinajstić information content (AvgIpc) is 2.48. The highest BCUT2D eigenvalue weighted by atomic mass is 16.5. The summed E-state index contributed by atoms with van der Waals surface area (Å²) < 4.78 is 5.26. The van der Waals surface area contributed by atoms with Gasteiger partial charge in [0.1, 0.15) is 0 Å². The molecule has 3 rings (SSSR count). The van der Waals surface area contributed by atoms with Crippen LogP contribution in [0.2, 0.25) is 0 Å². The highest BCUT2D eigenvalue weighted by Crippen LogP contribution is 2.16. The molecule has 5 heteroatoms. The fourth-order valence-electron chi connectivity index (χ4n) is 2.55. The van der Waals surface area contributed by atoms with Crippen molar-refractivity contribution in [2.75, 3.05) is 26.3 Å². The van der Waals surface area contributed by atoms with E-state index in [0.717, 1.165) is 26.1 Å². The minimum atomic E-state index is -0.141. The number of hydrogen-bond acceptors (Lipinski definition) is 4. The Morgan fingerprint density at radius 3 is 2.79 bits per heavy atom. The lowest BCUT2D eigenvalue weighted by atomic mass is 9.96. The molecule has 19 heavy (non-hydrogen) atoms. The Labute approximate surface area is 112 Å². The second-order valence-electron chi connectivity index (χ2n) is 4.98. The largest absolute Gasteiger partial charge is 0.379 e. The van der Waals surface area contributed by atoms with E-state index in [9.17, 15) is 4.79 Å². The molecule has 1 amide bonds. The van der Waals surface area contributed by atoms with Crippen molar-refractivity contribution in [1.82, 2.24) is 15.8 Å². The van der Waals surface area contributed by atoms with Crippen LogP contribution in [0.15, 0.2) is 24.3 Å². The van der Waals surface area contributed by atoms with Gasteiger partial charge in [-0.15, -0.1) is 0 Å². The number of benzene rings is 1. The van der Waals surface area contributed by atoms with Crippen LogP contribution in [0.25, 0.3) is 0 Å². The molecule has 2 heterocycles. The zero-order chi connectivity index (χ0) is 13.1. The van der Waals surface area contributed by atoms with E-state index in [4.69, 9.17) is 4.74 Å². The fourth-order valence-corrected chi connectivity index (χ4v) is 2.55. The van der Waals surface area contributed by atoms with Crippen molar-refractivity contribution < 1.29 is 9.53 Å². The zero-order valence-electron chi connectivity index (χ0n) is 10.9. The second-order valence-corrected chi connectivity index (χ2v) is 4.98. The minimum Gasteiger partial charge on any atom is -0.379 e. The number of nitrogens with zero attached hydrogens (tertiary/aromatic N) is 1. The van der Waals surface area contributed by atoms with Crippen molar-refractivity contribution in [3.05, 3.63) is 35.4 Å². The molecule has 0 aliphatic carbocycles. The molecule has 0 unspecified atom stereocenters. The standard InChI is InChI=1S/C14H19N3O2/c18-14(16-17-5-7-19-8-6-17)13-9-11-3-1-2-4-12(11)10-15-13/h1-4,13,15H,5-10H2,(H,16,18)/t13-/m0/s1. The molecule has 1 aromatic rings. The molecule has 2 N–H and O–H groups in total. The highest BCUT2D eigenvalue weighted by molar-refractivity contribution is 5.82. The van der Waals surface area contributed by atoms with Crippen molar-refractivity contribution in [2.45, 2.75) is 19.0 Å². The number of ether oxygens (including phenoxy) is 1. The van der Waals surface area contributed by atoms with E-state index in [0.29, 0.717) is 13.2 Å². The Balaban J connectivity index is 1.59. The zero-order valence-corrected chi connectivity index (χ0v) is 10.9. The van der Waals surface area contributed by atoms with Gasteiger partial charge >= 0.3 is 0 Å². The van der Waals surface area contributed by atoms with E-state index < -0.39 is 0 Å². The maximum atomic E-state index is 12.2. The van der Waals surface area contributed by atoms with Gasteiger partial charge in [-0.3, -0.25) is 10.2 Å². The van der Waals surface area contributed by atoms with Crippen molar-refractivity contribution in [1.29, 1.82) is 0 Å². The lowest BCUT2D eigenvalue weighted by Crippen LogP contribution is -2.55. The van der Waals surface area contributed by atoms with Crippen molar-refractivity contribution in [3.8, 4) is 0 Å². The van der Waals surface area contributed by atoms with Gasteiger partial charge in [0.05, 0.1) is 19.3 Å². The first kappa shape index (κ1) is 12.6. The fraction of sp³-hybridized carbons (Fsp3) is 0.500. The first-order valence-electron chi connectivity index (χ1n) is 6.76. The van der Waals surface area contributed by atoms with Gasteiger partial charge in [0, 0.05) is 19.6 Å². The Kier molecular flexibility index (Phi) is 3.77. The molecule has 0 spiro atoms. The summed E-state index contributed by atoms with van der Waals surface area (Å²) in [5, 5.41) is 5.23. The molecule has 2 aliphatic rings. The van der Waals surface area contributed by atoms with Crippen LogP contribution in [0.4, 0.5) is 0 Å². The minimum absolute atomic E-state index is 0.0522. The van der Waals surface area contributed by atoms with Gasteiger partial charge in [0.15, 0.2) is 0 Å². The number of amides is 1. The SMILES string of the molecule is O=C(NN1CCOCC1)[C@@H]1Cc2ccccc2CN1. The van der Waals surface area contributed by atoms with Gasteiger partial charge in [0.25, 0.3) is 5.91 Å². The van der Waals surface area contributed by atoms with E-state index >= 15 is 0 Å². The van der Waals surface area contributed by atoms with Crippen LogP contribution >= 0.6 is 0 Å². The maximum Gasteiger partial charge on any atom is 0.251 e. The Morgan fingerprint density at radius 1 is 1.26 bits per heavy atom. The summed E-state index contributed by atoms with van der Waals surface area (Å²) >= 11 is 0. The Bertz CT molecular complexity index is 458. The van der Waals surface area contributed by atoms with Gasteiger partial charge in [-0.25, -0.2) is 5.01 Å². The van der Waals surface area contributed by atoms with Crippen molar-refractivity contribution >= 4 is 5.91 Å². The first-order valence-corrected chi connectivity index (χ1v) is 6.76. The van der Waals surface area contributed by atoms with Crippen LogP contribution in [-0.2, 0) is 22.5 Å². The molecule has 0 aromatic heterocycles. The molecule has 0 bridgehead atoms. The third-order valence-corrected chi connectivity index (χ3v) is 3.68. The summed E-state index contributed by atoms with van der Waals surface area (Å²) in [7, 11) is 0. The van der Waals surface area contributed by atoms with Gasteiger partial charge in [-0.1, -0.05) is 24.3 Å². The molecule has 2 aliphatic heterocycles. The summed E-state index contributed by atoms with van der Waals surface area (Å²) in [6.07, 6.45) is 0.756. The van der Waals surface area contributed by atoms with Crippen molar-refractivity contribution in [3.63, 3.8) is 0 Å². The lowest BCUT2D eigenvalue weighted by Gasteiger charge is -2.31. The Morgan fingerprint density at radius 2 is 2.00 bits per heavy atom. The van der Waals surface area contributed by atoms with Gasteiger partial charge in [-0.05, 0) is 17.5 Å². The molecular weight excluding hydrogens is 242 g/mol. The molecule has 0 saturated carbocycles. The van der Waals surface area contributed by atoms with Crippen LogP contribution in [-0.4, -0.2) is 43.3 Å². The van der Waals surface area contributed by atoms with Gasteiger partial charge in [0.2, 0.25) is 0 Å². The van der Waals surface area contributed by atoms with Crippen LogP contribution in [0.1, 0.15) is 11.1 Å². The van der Waals surface area contributed by atoms with Gasteiger partial charge < -0.3 is 10.1 Å². The summed E-state index contributed by atoms with van der Waals surface area (Å²) in [5.74, 6) is 0.0522. The average molecular weight is 261 g/mol. The predicted molar refractivity (Wildman–Crippen MR) is 71.3 cm³/mol. The second kappa shape index (κ2) is 5.69. The van der Waals surface area contributed by atoms with E-state index in [2.05, 4.69) is 22.9 Å². The molecule has 1 saturated heterocycles. The first-order chi connectivity index (χ1) is 9.33. The normalized spacial score (nSPS) is 23.7. The molecule has 1 fully saturated rings. The van der Waals surface area contributed by atoms with Gasteiger partial charge in [-0.2, -0.15) is 0 Å². The summed E-state index contributed by atoms with van der Waals surface area (Å²) in [6, 6.07) is 8.14. The van der Waals surface area contributed by atoms with E-state index in [1.165, 1.54) is 11.1 Å². The number of carbonyl (C=O) groups excluding carboxylic acids is 1. The van der Waals surface area contributed by atoms with E-state index in [1.807, 2.05) is 17.1 Å². The van der Waals surface area contributed by atoms with Crippen LogP contribution in [0.5, 0.6) is 0 Å². The van der Waals surface area contributed by atoms with E-state index in [-0.39, 0.29) is 11.9 Å². The summed E-state index contributed by atoms with van der Waals surface area (Å²) in [5.41, 5.74) is 5.53. The molecule has 0 radical (unpaired) electrons. The molecule has 1 aromatic carbocycles. The molecule has 5 nitrogen and oxygen atoms in total.